The molecule has 2 N–H and O–H groups in total. The van der Waals surface area contributed by atoms with E-state index in [0.717, 1.165) is 19.2 Å². The van der Waals surface area contributed by atoms with Gasteiger partial charge in [-0.1, -0.05) is 42.5 Å². The van der Waals surface area contributed by atoms with Crippen molar-refractivity contribution in [3.63, 3.8) is 0 Å². The Morgan fingerprint density at radius 1 is 1.09 bits per heavy atom. The molecule has 3 rings (SSSR count). The number of hydrogen-bond acceptors (Lipinski definition) is 2. The quantitative estimate of drug-likeness (QED) is 0.937. The molecule has 1 fully saturated rings. The number of hydrogen-bond donors (Lipinski definition) is 1. The minimum Gasteiger partial charge on any atom is -0.326 e. The molecule has 0 aliphatic carbocycles. The predicted molar refractivity (Wildman–Crippen MR) is 89.0 cm³/mol. The number of nitrogens with zero attached hydrogens (tertiary/aromatic N) is 1. The lowest BCUT2D eigenvalue weighted by Gasteiger charge is -2.14. The van der Waals surface area contributed by atoms with Crippen LogP contribution >= 0.6 is 0 Å². The average molecular weight is 314 g/mol. The zero-order valence-corrected chi connectivity index (χ0v) is 12.8. The lowest BCUT2D eigenvalue weighted by atomic mass is 9.95. The van der Waals surface area contributed by atoms with E-state index >= 15 is 0 Å². The van der Waals surface area contributed by atoms with Crippen molar-refractivity contribution in [2.75, 3.05) is 19.6 Å². The Morgan fingerprint density at radius 3 is 2.61 bits per heavy atom. The lowest BCUT2D eigenvalue weighted by molar-refractivity contribution is 0.369. The molecule has 23 heavy (non-hydrogen) atoms. The van der Waals surface area contributed by atoms with Gasteiger partial charge < -0.3 is 5.73 Å². The minimum atomic E-state index is -0.559. The smallest absolute Gasteiger partial charge is 0.133 e. The average Bonchev–Trinajstić information content (AvgIpc) is 2.91. The van der Waals surface area contributed by atoms with Crippen LogP contribution in [0.25, 0.3) is 6.08 Å². The van der Waals surface area contributed by atoms with Gasteiger partial charge in [0.1, 0.15) is 11.6 Å². The Balaban J connectivity index is 1.60. The van der Waals surface area contributed by atoms with Crippen LogP contribution in [-0.4, -0.2) is 30.6 Å². The standard InChI is InChI=1S/C19H20F2N2/c20-16-9-8-15(18(21)11-16)7-4-10-23-12-17(19(22)13-23)14-5-2-1-3-6-14/h1-9,11,17,19H,10,12-13,22H2/b7-4+/t17-,19+/m0/s1. The summed E-state index contributed by atoms with van der Waals surface area (Å²) in [5.41, 5.74) is 7.92. The number of likely N-dealkylation sites (tertiary alicyclic amines) is 1. The third-order valence-corrected chi connectivity index (χ3v) is 4.29. The maximum Gasteiger partial charge on any atom is 0.133 e. The molecule has 1 saturated heterocycles. The van der Waals surface area contributed by atoms with Crippen LogP contribution in [0.2, 0.25) is 0 Å². The van der Waals surface area contributed by atoms with Crippen LogP contribution in [0.15, 0.2) is 54.6 Å². The number of benzene rings is 2. The van der Waals surface area contributed by atoms with Crippen molar-refractivity contribution >= 4 is 6.08 Å². The Kier molecular flexibility index (Phi) is 4.84. The van der Waals surface area contributed by atoms with Crippen LogP contribution in [0.4, 0.5) is 8.78 Å². The van der Waals surface area contributed by atoms with E-state index in [1.807, 2.05) is 24.3 Å². The molecule has 0 bridgehead atoms. The van der Waals surface area contributed by atoms with E-state index in [0.29, 0.717) is 18.0 Å². The van der Waals surface area contributed by atoms with E-state index in [1.165, 1.54) is 17.7 Å². The summed E-state index contributed by atoms with van der Waals surface area (Å²) in [7, 11) is 0. The van der Waals surface area contributed by atoms with Gasteiger partial charge >= 0.3 is 0 Å². The molecule has 1 heterocycles. The second-order valence-electron chi connectivity index (χ2n) is 5.97. The first kappa shape index (κ1) is 15.8. The summed E-state index contributed by atoms with van der Waals surface area (Å²) in [4.78, 5) is 2.25. The third-order valence-electron chi connectivity index (χ3n) is 4.29. The fourth-order valence-electron chi connectivity index (χ4n) is 3.08. The molecule has 2 aromatic rings. The molecule has 0 unspecified atom stereocenters. The monoisotopic (exact) mass is 314 g/mol. The van der Waals surface area contributed by atoms with Crippen molar-refractivity contribution in [3.05, 3.63) is 77.4 Å². The fourth-order valence-corrected chi connectivity index (χ4v) is 3.08. The minimum absolute atomic E-state index is 0.105. The molecule has 2 atom stereocenters. The number of halogens is 2. The van der Waals surface area contributed by atoms with Crippen LogP contribution in [0.1, 0.15) is 17.0 Å². The van der Waals surface area contributed by atoms with Crippen molar-refractivity contribution < 1.29 is 8.78 Å². The van der Waals surface area contributed by atoms with E-state index in [2.05, 4.69) is 17.0 Å². The van der Waals surface area contributed by atoms with Gasteiger partial charge in [-0.25, -0.2) is 8.78 Å². The molecule has 0 saturated carbocycles. The first-order valence-electron chi connectivity index (χ1n) is 7.78. The zero-order valence-electron chi connectivity index (χ0n) is 12.8. The van der Waals surface area contributed by atoms with E-state index in [9.17, 15) is 8.78 Å². The van der Waals surface area contributed by atoms with Gasteiger partial charge in [0.15, 0.2) is 0 Å². The summed E-state index contributed by atoms with van der Waals surface area (Å²) < 4.78 is 26.4. The van der Waals surface area contributed by atoms with Gasteiger partial charge in [0.25, 0.3) is 0 Å². The maximum atomic E-state index is 13.6. The van der Waals surface area contributed by atoms with Gasteiger partial charge in [0.2, 0.25) is 0 Å². The van der Waals surface area contributed by atoms with Crippen molar-refractivity contribution in [1.29, 1.82) is 0 Å². The van der Waals surface area contributed by atoms with Crippen LogP contribution in [0, 0.1) is 11.6 Å². The fraction of sp³-hybridized carbons (Fsp3) is 0.263. The molecule has 2 nitrogen and oxygen atoms in total. The van der Waals surface area contributed by atoms with Crippen LogP contribution in [0.5, 0.6) is 0 Å². The topological polar surface area (TPSA) is 29.3 Å². The molecule has 0 amide bonds. The van der Waals surface area contributed by atoms with E-state index in [1.54, 1.807) is 6.08 Å². The highest BCUT2D eigenvalue weighted by atomic mass is 19.1. The molecule has 0 aromatic heterocycles. The molecule has 120 valence electrons. The molecule has 1 aliphatic heterocycles. The highest BCUT2D eigenvalue weighted by Crippen LogP contribution is 2.26. The number of nitrogens with two attached hydrogens (primary N) is 1. The molecule has 0 radical (unpaired) electrons. The molecule has 1 aliphatic rings. The molecule has 0 spiro atoms. The van der Waals surface area contributed by atoms with Crippen LogP contribution in [0.3, 0.4) is 0 Å². The molecule has 4 heteroatoms. The van der Waals surface area contributed by atoms with Gasteiger partial charge in [-0.2, -0.15) is 0 Å². The van der Waals surface area contributed by atoms with Gasteiger partial charge in [-0.3, -0.25) is 4.90 Å². The highest BCUT2D eigenvalue weighted by molar-refractivity contribution is 5.50. The lowest BCUT2D eigenvalue weighted by Crippen LogP contribution is -2.28. The number of rotatable bonds is 4. The van der Waals surface area contributed by atoms with Gasteiger partial charge in [-0.05, 0) is 17.7 Å². The zero-order chi connectivity index (χ0) is 16.2. The summed E-state index contributed by atoms with van der Waals surface area (Å²) in [6, 6.07) is 14.0. The van der Waals surface area contributed by atoms with Gasteiger partial charge in [0, 0.05) is 43.2 Å². The summed E-state index contributed by atoms with van der Waals surface area (Å²) in [5.74, 6) is -0.774. The first-order chi connectivity index (χ1) is 11.1. The summed E-state index contributed by atoms with van der Waals surface area (Å²) in [5, 5.41) is 0. The van der Waals surface area contributed by atoms with Crippen molar-refractivity contribution in [1.82, 2.24) is 4.90 Å². The Hall–Kier alpha value is -2.04. The Morgan fingerprint density at radius 2 is 1.87 bits per heavy atom. The third kappa shape index (κ3) is 3.84. The first-order valence-corrected chi connectivity index (χ1v) is 7.78. The molecular weight excluding hydrogens is 294 g/mol. The van der Waals surface area contributed by atoms with Crippen molar-refractivity contribution in [2.45, 2.75) is 12.0 Å². The van der Waals surface area contributed by atoms with E-state index in [4.69, 9.17) is 5.73 Å². The Labute approximate surface area is 135 Å². The van der Waals surface area contributed by atoms with Crippen LogP contribution < -0.4 is 5.73 Å². The van der Waals surface area contributed by atoms with E-state index < -0.39 is 11.6 Å². The highest BCUT2D eigenvalue weighted by Gasteiger charge is 2.30. The second-order valence-corrected chi connectivity index (χ2v) is 5.97. The van der Waals surface area contributed by atoms with E-state index in [-0.39, 0.29) is 6.04 Å². The Bertz CT molecular complexity index is 685. The van der Waals surface area contributed by atoms with Crippen molar-refractivity contribution in [2.24, 2.45) is 5.73 Å². The summed E-state index contributed by atoms with van der Waals surface area (Å²) >= 11 is 0. The maximum absolute atomic E-state index is 13.6. The SMILES string of the molecule is N[C@@H]1CN(C/C=C/c2ccc(F)cc2F)C[C@H]1c1ccccc1. The molecule has 2 aromatic carbocycles. The summed E-state index contributed by atoms with van der Waals surface area (Å²) in [6.07, 6.45) is 3.59. The largest absolute Gasteiger partial charge is 0.326 e. The summed E-state index contributed by atoms with van der Waals surface area (Å²) in [6.45, 7) is 2.41. The van der Waals surface area contributed by atoms with Crippen LogP contribution in [-0.2, 0) is 0 Å². The molecular formula is C19H20F2N2. The van der Waals surface area contributed by atoms with Gasteiger partial charge in [0.05, 0.1) is 0 Å². The normalized spacial score (nSPS) is 22.0. The van der Waals surface area contributed by atoms with Gasteiger partial charge in [-0.15, -0.1) is 0 Å². The second kappa shape index (κ2) is 7.02. The predicted octanol–water partition coefficient (Wildman–Crippen LogP) is 3.40. The van der Waals surface area contributed by atoms with Crippen molar-refractivity contribution in [3.8, 4) is 0 Å².